The monoisotopic (exact) mass is 407 g/mol. The molecule has 26 heavy (non-hydrogen) atoms. The van der Waals surface area contributed by atoms with Crippen LogP contribution in [0, 0.1) is 6.92 Å². The highest BCUT2D eigenvalue weighted by Gasteiger charge is 2.39. The van der Waals surface area contributed by atoms with E-state index in [1.165, 1.54) is 15.6 Å². The molecule has 0 bridgehead atoms. The van der Waals surface area contributed by atoms with Crippen LogP contribution in [0.5, 0.6) is 0 Å². The van der Waals surface area contributed by atoms with Crippen LogP contribution in [0.25, 0.3) is 10.2 Å². The Morgan fingerprint density at radius 1 is 1.35 bits per heavy atom. The molecule has 0 aliphatic carbocycles. The fourth-order valence-corrected chi connectivity index (χ4v) is 6.75. The molecule has 0 saturated carbocycles. The van der Waals surface area contributed by atoms with Crippen molar-refractivity contribution in [2.75, 3.05) is 11.9 Å². The van der Waals surface area contributed by atoms with Crippen molar-refractivity contribution < 1.29 is 13.2 Å². The Labute approximate surface area is 159 Å². The average Bonchev–Trinajstić information content (AvgIpc) is 3.34. The summed E-state index contributed by atoms with van der Waals surface area (Å²) in [5.41, 5.74) is 1.47. The summed E-state index contributed by atoms with van der Waals surface area (Å²) >= 11 is 2.77. The number of sulfonamides is 1. The van der Waals surface area contributed by atoms with Crippen molar-refractivity contribution >= 4 is 54.5 Å². The number of hydrogen-bond donors (Lipinski definition) is 1. The highest BCUT2D eigenvalue weighted by Crippen LogP contribution is 2.30. The molecule has 136 valence electrons. The van der Waals surface area contributed by atoms with Gasteiger partial charge < -0.3 is 5.32 Å². The minimum Gasteiger partial charge on any atom is -0.325 e. The minimum atomic E-state index is -3.63. The summed E-state index contributed by atoms with van der Waals surface area (Å²) in [4.78, 5) is 17.2. The van der Waals surface area contributed by atoms with Crippen LogP contribution in [-0.2, 0) is 14.8 Å². The van der Waals surface area contributed by atoms with Gasteiger partial charge in [0.1, 0.15) is 10.3 Å². The number of aryl methyl sites for hydroxylation is 1. The molecule has 6 nitrogen and oxygen atoms in total. The number of nitrogens with one attached hydrogen (secondary N) is 1. The number of thiophene rings is 1. The van der Waals surface area contributed by atoms with Crippen LogP contribution in [0.3, 0.4) is 0 Å². The third-order valence-corrected chi connectivity index (χ3v) is 8.56. The zero-order valence-corrected chi connectivity index (χ0v) is 16.5. The second-order valence-electron chi connectivity index (χ2n) is 6.11. The van der Waals surface area contributed by atoms with Gasteiger partial charge in [-0.15, -0.1) is 22.7 Å². The van der Waals surface area contributed by atoms with Gasteiger partial charge in [0, 0.05) is 12.2 Å². The number of thiazole rings is 1. The lowest BCUT2D eigenvalue weighted by Gasteiger charge is -2.22. The molecule has 1 saturated heterocycles. The van der Waals surface area contributed by atoms with E-state index >= 15 is 0 Å². The first-order chi connectivity index (χ1) is 12.4. The van der Waals surface area contributed by atoms with Gasteiger partial charge in [0.05, 0.1) is 15.2 Å². The Balaban J connectivity index is 1.56. The van der Waals surface area contributed by atoms with Gasteiger partial charge in [-0.1, -0.05) is 6.07 Å². The maximum Gasteiger partial charge on any atom is 0.253 e. The molecule has 1 amide bonds. The lowest BCUT2D eigenvalue weighted by molar-refractivity contribution is -0.119. The number of aromatic nitrogens is 1. The average molecular weight is 408 g/mol. The summed E-state index contributed by atoms with van der Waals surface area (Å²) in [5.74, 6) is -0.297. The zero-order valence-electron chi connectivity index (χ0n) is 14.0. The fourth-order valence-electron chi connectivity index (χ4n) is 3.16. The number of rotatable bonds is 4. The summed E-state index contributed by atoms with van der Waals surface area (Å²) < 4.78 is 28.2. The Morgan fingerprint density at radius 3 is 2.96 bits per heavy atom. The van der Waals surface area contributed by atoms with E-state index in [-0.39, 0.29) is 10.1 Å². The summed E-state index contributed by atoms with van der Waals surface area (Å²) in [7, 11) is -3.63. The van der Waals surface area contributed by atoms with E-state index in [9.17, 15) is 13.2 Å². The van der Waals surface area contributed by atoms with E-state index < -0.39 is 16.1 Å². The summed E-state index contributed by atoms with van der Waals surface area (Å²) in [6.07, 6.45) is 1.20. The highest BCUT2D eigenvalue weighted by atomic mass is 32.2. The minimum absolute atomic E-state index is 0.275. The summed E-state index contributed by atoms with van der Waals surface area (Å²) in [6, 6.07) is 8.16. The third-order valence-electron chi connectivity index (χ3n) is 4.33. The topological polar surface area (TPSA) is 79.4 Å². The fraction of sp³-hybridized carbons (Fsp3) is 0.294. The molecule has 9 heteroatoms. The smallest absolute Gasteiger partial charge is 0.253 e. The van der Waals surface area contributed by atoms with Crippen molar-refractivity contribution in [1.29, 1.82) is 0 Å². The van der Waals surface area contributed by atoms with Gasteiger partial charge in [-0.05, 0) is 49.4 Å². The lowest BCUT2D eigenvalue weighted by atomic mass is 10.2. The van der Waals surface area contributed by atoms with Gasteiger partial charge in [0.15, 0.2) is 0 Å². The second-order valence-corrected chi connectivity index (χ2v) is 10.4. The number of anilines is 1. The Morgan fingerprint density at radius 2 is 2.19 bits per heavy atom. The summed E-state index contributed by atoms with van der Waals surface area (Å²) in [6.45, 7) is 2.30. The zero-order chi connectivity index (χ0) is 18.3. The molecular weight excluding hydrogens is 390 g/mol. The van der Waals surface area contributed by atoms with Crippen LogP contribution in [-0.4, -0.2) is 36.2 Å². The molecule has 1 aliphatic rings. The van der Waals surface area contributed by atoms with Crippen LogP contribution in [0.15, 0.2) is 39.9 Å². The number of amides is 1. The van der Waals surface area contributed by atoms with Gasteiger partial charge in [0.2, 0.25) is 5.91 Å². The number of hydrogen-bond acceptors (Lipinski definition) is 6. The van der Waals surface area contributed by atoms with Gasteiger partial charge in [-0.2, -0.15) is 4.31 Å². The molecule has 1 atom stereocenters. The van der Waals surface area contributed by atoms with Crippen LogP contribution in [0.2, 0.25) is 0 Å². The molecule has 1 fully saturated rings. The largest absolute Gasteiger partial charge is 0.325 e. The second kappa shape index (κ2) is 6.73. The third kappa shape index (κ3) is 3.16. The van der Waals surface area contributed by atoms with Gasteiger partial charge in [-0.25, -0.2) is 13.4 Å². The first-order valence-corrected chi connectivity index (χ1v) is 11.3. The van der Waals surface area contributed by atoms with Gasteiger partial charge in [0.25, 0.3) is 10.0 Å². The maximum absolute atomic E-state index is 12.8. The number of carbonyl (C=O) groups excluding carboxylic acids is 1. The SMILES string of the molecule is Cc1nc2cc(NC(=O)C3CCCN3S(=O)(=O)c3cccs3)ccc2s1. The molecule has 0 spiro atoms. The van der Waals surface area contributed by atoms with Crippen molar-refractivity contribution in [1.82, 2.24) is 9.29 Å². The van der Waals surface area contributed by atoms with Crippen molar-refractivity contribution in [3.8, 4) is 0 Å². The van der Waals surface area contributed by atoms with Crippen molar-refractivity contribution in [2.24, 2.45) is 0 Å². The number of nitrogens with zero attached hydrogens (tertiary/aromatic N) is 2. The standard InChI is InChI=1S/C17H17N3O3S3/c1-11-18-13-10-12(6-7-15(13)25-11)19-17(21)14-4-2-8-20(14)26(22,23)16-5-3-9-24-16/h3,5-7,9-10,14H,2,4,8H2,1H3,(H,19,21). The predicted octanol–water partition coefficient (Wildman–Crippen LogP) is 3.46. The first-order valence-electron chi connectivity index (χ1n) is 8.18. The van der Waals surface area contributed by atoms with E-state index in [2.05, 4.69) is 10.3 Å². The molecule has 4 rings (SSSR count). The predicted molar refractivity (Wildman–Crippen MR) is 104 cm³/mol. The molecule has 1 aliphatic heterocycles. The van der Waals surface area contributed by atoms with Crippen molar-refractivity contribution in [3.63, 3.8) is 0 Å². The van der Waals surface area contributed by atoms with Crippen molar-refractivity contribution in [3.05, 3.63) is 40.7 Å². The molecule has 2 aromatic heterocycles. The number of fused-ring (bicyclic) bond motifs is 1. The summed E-state index contributed by atoms with van der Waals surface area (Å²) in [5, 5.41) is 5.55. The molecular formula is C17H17N3O3S3. The quantitative estimate of drug-likeness (QED) is 0.718. The van der Waals surface area contributed by atoms with Gasteiger partial charge in [-0.3, -0.25) is 4.79 Å². The van der Waals surface area contributed by atoms with Crippen LogP contribution in [0.1, 0.15) is 17.8 Å². The normalized spacial score (nSPS) is 18.4. The molecule has 3 heterocycles. The van der Waals surface area contributed by atoms with E-state index in [4.69, 9.17) is 0 Å². The van der Waals surface area contributed by atoms with Crippen LogP contribution in [0.4, 0.5) is 5.69 Å². The Hall–Kier alpha value is -1.81. The first kappa shape index (κ1) is 17.6. The Bertz CT molecular complexity index is 1060. The van der Waals surface area contributed by atoms with Gasteiger partial charge >= 0.3 is 0 Å². The highest BCUT2D eigenvalue weighted by molar-refractivity contribution is 7.91. The van der Waals surface area contributed by atoms with E-state index in [1.807, 2.05) is 25.1 Å². The molecule has 3 aromatic rings. The van der Waals surface area contributed by atoms with Crippen LogP contribution >= 0.6 is 22.7 Å². The number of benzene rings is 1. The molecule has 1 aromatic carbocycles. The molecule has 1 unspecified atom stereocenters. The van der Waals surface area contributed by atoms with E-state index in [0.717, 1.165) is 15.2 Å². The van der Waals surface area contributed by atoms with E-state index in [1.54, 1.807) is 28.8 Å². The number of carbonyl (C=O) groups is 1. The lowest BCUT2D eigenvalue weighted by Crippen LogP contribution is -2.42. The van der Waals surface area contributed by atoms with Crippen molar-refractivity contribution in [2.45, 2.75) is 30.0 Å². The maximum atomic E-state index is 12.8. The Kier molecular flexibility index (Phi) is 4.55. The van der Waals surface area contributed by atoms with Crippen LogP contribution < -0.4 is 5.32 Å². The molecule has 0 radical (unpaired) electrons. The van der Waals surface area contributed by atoms with E-state index in [0.29, 0.717) is 25.1 Å². The molecule has 1 N–H and O–H groups in total.